The monoisotopic (exact) mass is 219 g/mol. The van der Waals surface area contributed by atoms with E-state index >= 15 is 0 Å². The van der Waals surface area contributed by atoms with Crippen LogP contribution in [0.25, 0.3) is 0 Å². The molecule has 0 radical (unpaired) electrons. The third-order valence-corrected chi connectivity index (χ3v) is 3.33. The van der Waals surface area contributed by atoms with E-state index in [4.69, 9.17) is 0 Å². The van der Waals surface area contributed by atoms with Gasteiger partial charge in [-0.2, -0.15) is 0 Å². The summed E-state index contributed by atoms with van der Waals surface area (Å²) < 4.78 is 0. The molecule has 2 heterocycles. The van der Waals surface area contributed by atoms with Gasteiger partial charge in [-0.25, -0.2) is 0 Å². The molecule has 1 aromatic heterocycles. The Kier molecular flexibility index (Phi) is 3.78. The van der Waals surface area contributed by atoms with Crippen LogP contribution in [0.3, 0.4) is 0 Å². The maximum absolute atomic E-state index is 4.20. The molecule has 16 heavy (non-hydrogen) atoms. The molecular weight excluding hydrogens is 198 g/mol. The molecule has 0 unspecified atom stereocenters. The van der Waals surface area contributed by atoms with E-state index in [0.29, 0.717) is 6.04 Å². The molecular formula is C13H21N3. The Morgan fingerprint density at radius 1 is 1.50 bits per heavy atom. The summed E-state index contributed by atoms with van der Waals surface area (Å²) in [7, 11) is 2.15. The number of rotatable bonds is 3. The Hall–Kier alpha value is -1.09. The molecule has 1 N–H and O–H groups in total. The Morgan fingerprint density at radius 3 is 3.06 bits per heavy atom. The molecule has 88 valence electrons. The first-order valence-corrected chi connectivity index (χ1v) is 6.12. The van der Waals surface area contributed by atoms with Crippen LogP contribution in [-0.4, -0.2) is 31.2 Å². The van der Waals surface area contributed by atoms with Crippen molar-refractivity contribution in [3.05, 3.63) is 24.0 Å². The number of aryl methyl sites for hydroxylation is 1. The zero-order chi connectivity index (χ0) is 11.4. The standard InChI is InChI=1S/C13H21N3/c1-11-6-8-14-9-13(11)16(2)10-12-5-3-4-7-15-12/h6,8-9,12,15H,3-5,7,10H2,1-2H3/t12-/m1/s1. The van der Waals surface area contributed by atoms with Crippen molar-refractivity contribution in [2.24, 2.45) is 0 Å². The number of nitrogens with zero attached hydrogens (tertiary/aromatic N) is 2. The minimum absolute atomic E-state index is 0.637. The number of anilines is 1. The largest absolute Gasteiger partial charge is 0.372 e. The lowest BCUT2D eigenvalue weighted by molar-refractivity contribution is 0.403. The highest BCUT2D eigenvalue weighted by atomic mass is 15.1. The van der Waals surface area contributed by atoms with E-state index in [1.807, 2.05) is 12.4 Å². The molecule has 0 amide bonds. The highest BCUT2D eigenvalue weighted by molar-refractivity contribution is 5.50. The molecule has 2 rings (SSSR count). The maximum Gasteiger partial charge on any atom is 0.0580 e. The summed E-state index contributed by atoms with van der Waals surface area (Å²) in [6.07, 6.45) is 7.79. The summed E-state index contributed by atoms with van der Waals surface area (Å²) in [6.45, 7) is 4.39. The first kappa shape index (κ1) is 11.4. The van der Waals surface area contributed by atoms with Crippen LogP contribution in [-0.2, 0) is 0 Å². The summed E-state index contributed by atoms with van der Waals surface area (Å²) in [5.74, 6) is 0. The molecule has 0 aromatic carbocycles. The van der Waals surface area contributed by atoms with E-state index in [1.54, 1.807) is 0 Å². The van der Waals surface area contributed by atoms with Crippen molar-refractivity contribution in [2.75, 3.05) is 25.0 Å². The first-order chi connectivity index (χ1) is 7.77. The van der Waals surface area contributed by atoms with Gasteiger partial charge in [-0.05, 0) is 37.9 Å². The lowest BCUT2D eigenvalue weighted by Gasteiger charge is -2.29. The van der Waals surface area contributed by atoms with Crippen molar-refractivity contribution < 1.29 is 0 Å². The number of pyridine rings is 1. The van der Waals surface area contributed by atoms with Gasteiger partial charge in [0.25, 0.3) is 0 Å². The molecule has 0 spiro atoms. The van der Waals surface area contributed by atoms with Crippen LogP contribution in [0.5, 0.6) is 0 Å². The van der Waals surface area contributed by atoms with E-state index in [1.165, 1.54) is 37.1 Å². The van der Waals surface area contributed by atoms with Crippen LogP contribution in [0.4, 0.5) is 5.69 Å². The average molecular weight is 219 g/mol. The lowest BCUT2D eigenvalue weighted by atomic mass is 10.0. The van der Waals surface area contributed by atoms with Crippen molar-refractivity contribution in [3.63, 3.8) is 0 Å². The third kappa shape index (κ3) is 2.73. The summed E-state index contributed by atoms with van der Waals surface area (Å²) in [5.41, 5.74) is 2.54. The quantitative estimate of drug-likeness (QED) is 0.842. The Morgan fingerprint density at radius 2 is 2.38 bits per heavy atom. The fourth-order valence-electron chi connectivity index (χ4n) is 2.36. The second kappa shape index (κ2) is 5.30. The number of hydrogen-bond acceptors (Lipinski definition) is 3. The summed E-state index contributed by atoms with van der Waals surface area (Å²) >= 11 is 0. The number of aromatic nitrogens is 1. The van der Waals surface area contributed by atoms with Gasteiger partial charge in [0.15, 0.2) is 0 Å². The van der Waals surface area contributed by atoms with Crippen LogP contribution in [0.2, 0.25) is 0 Å². The van der Waals surface area contributed by atoms with Gasteiger partial charge < -0.3 is 10.2 Å². The molecule has 3 nitrogen and oxygen atoms in total. The van der Waals surface area contributed by atoms with Crippen molar-refractivity contribution in [1.82, 2.24) is 10.3 Å². The average Bonchev–Trinajstić information content (AvgIpc) is 2.31. The van der Waals surface area contributed by atoms with E-state index in [9.17, 15) is 0 Å². The second-order valence-electron chi connectivity index (χ2n) is 4.69. The summed E-state index contributed by atoms with van der Waals surface area (Å²) in [5, 5.41) is 3.58. The molecule has 3 heteroatoms. The first-order valence-electron chi connectivity index (χ1n) is 6.12. The highest BCUT2D eigenvalue weighted by Crippen LogP contribution is 2.18. The minimum Gasteiger partial charge on any atom is -0.372 e. The number of likely N-dealkylation sites (N-methyl/N-ethyl adjacent to an activating group) is 1. The fraction of sp³-hybridized carbons (Fsp3) is 0.615. The smallest absolute Gasteiger partial charge is 0.0580 e. The van der Waals surface area contributed by atoms with Crippen LogP contribution in [0.1, 0.15) is 24.8 Å². The molecule has 1 aromatic rings. The topological polar surface area (TPSA) is 28.2 Å². The van der Waals surface area contributed by atoms with Gasteiger partial charge in [-0.1, -0.05) is 6.42 Å². The van der Waals surface area contributed by atoms with Gasteiger partial charge >= 0.3 is 0 Å². The SMILES string of the molecule is Cc1ccncc1N(C)C[C@H]1CCCCN1. The van der Waals surface area contributed by atoms with E-state index < -0.39 is 0 Å². The van der Waals surface area contributed by atoms with Crippen molar-refractivity contribution in [2.45, 2.75) is 32.2 Å². The van der Waals surface area contributed by atoms with Crippen molar-refractivity contribution >= 4 is 5.69 Å². The van der Waals surface area contributed by atoms with E-state index in [2.05, 4.69) is 35.2 Å². The summed E-state index contributed by atoms with van der Waals surface area (Å²) in [4.78, 5) is 6.51. The van der Waals surface area contributed by atoms with Crippen LogP contribution in [0, 0.1) is 6.92 Å². The zero-order valence-corrected chi connectivity index (χ0v) is 10.2. The van der Waals surface area contributed by atoms with Crippen LogP contribution in [0.15, 0.2) is 18.5 Å². The van der Waals surface area contributed by atoms with Gasteiger partial charge in [0.2, 0.25) is 0 Å². The van der Waals surface area contributed by atoms with Gasteiger partial charge in [0, 0.05) is 25.8 Å². The van der Waals surface area contributed by atoms with Crippen LogP contribution >= 0.6 is 0 Å². The lowest BCUT2D eigenvalue weighted by Crippen LogP contribution is -2.42. The van der Waals surface area contributed by atoms with Crippen molar-refractivity contribution in [3.8, 4) is 0 Å². The van der Waals surface area contributed by atoms with E-state index in [-0.39, 0.29) is 0 Å². The predicted molar refractivity (Wildman–Crippen MR) is 67.9 cm³/mol. The predicted octanol–water partition coefficient (Wildman–Crippen LogP) is 1.97. The number of nitrogens with one attached hydrogen (secondary N) is 1. The second-order valence-corrected chi connectivity index (χ2v) is 4.69. The Bertz CT molecular complexity index is 332. The Balaban J connectivity index is 1.96. The molecule has 1 fully saturated rings. The molecule has 1 atom stereocenters. The summed E-state index contributed by atoms with van der Waals surface area (Å²) in [6, 6.07) is 2.71. The fourth-order valence-corrected chi connectivity index (χ4v) is 2.36. The van der Waals surface area contributed by atoms with Gasteiger partial charge in [0.1, 0.15) is 0 Å². The molecule has 1 saturated heterocycles. The van der Waals surface area contributed by atoms with Gasteiger partial charge in [-0.3, -0.25) is 4.98 Å². The van der Waals surface area contributed by atoms with E-state index in [0.717, 1.165) is 6.54 Å². The van der Waals surface area contributed by atoms with Gasteiger partial charge in [0.05, 0.1) is 11.9 Å². The molecule has 1 aliphatic heterocycles. The zero-order valence-electron chi connectivity index (χ0n) is 10.2. The number of hydrogen-bond donors (Lipinski definition) is 1. The highest BCUT2D eigenvalue weighted by Gasteiger charge is 2.15. The molecule has 0 saturated carbocycles. The minimum atomic E-state index is 0.637. The molecule has 0 bridgehead atoms. The maximum atomic E-state index is 4.20. The molecule has 0 aliphatic carbocycles. The Labute approximate surface area is 97.9 Å². The number of piperidine rings is 1. The molecule has 1 aliphatic rings. The third-order valence-electron chi connectivity index (χ3n) is 3.33. The van der Waals surface area contributed by atoms with Gasteiger partial charge in [-0.15, -0.1) is 0 Å². The van der Waals surface area contributed by atoms with Crippen molar-refractivity contribution in [1.29, 1.82) is 0 Å². The van der Waals surface area contributed by atoms with Crippen LogP contribution < -0.4 is 10.2 Å². The normalized spacial score (nSPS) is 20.8.